The zero-order valence-corrected chi connectivity index (χ0v) is 10.4. The van der Waals surface area contributed by atoms with Gasteiger partial charge in [-0.15, -0.1) is 0 Å². The van der Waals surface area contributed by atoms with Crippen LogP contribution in [0.2, 0.25) is 0 Å². The van der Waals surface area contributed by atoms with Crippen molar-refractivity contribution < 1.29 is 4.92 Å². The molecule has 2 heterocycles. The Morgan fingerprint density at radius 2 is 2.32 bits per heavy atom. The number of nitrogens with one attached hydrogen (secondary N) is 1. The summed E-state index contributed by atoms with van der Waals surface area (Å²) in [5.74, 6) is 0.126. The molecule has 2 aromatic heterocycles. The van der Waals surface area contributed by atoms with Gasteiger partial charge in [0.1, 0.15) is 6.20 Å². The van der Waals surface area contributed by atoms with E-state index in [2.05, 4.69) is 10.3 Å². The second-order valence-corrected chi connectivity index (χ2v) is 4.72. The fourth-order valence-corrected chi connectivity index (χ4v) is 2.49. The Bertz CT molecular complexity index is 763. The Labute approximate surface area is 111 Å². The molecule has 0 saturated heterocycles. The number of nitrogens with two attached hydrogens (primary N) is 1. The van der Waals surface area contributed by atoms with Gasteiger partial charge in [-0.3, -0.25) is 0 Å². The number of nitro groups is 1. The van der Waals surface area contributed by atoms with E-state index >= 15 is 0 Å². The van der Waals surface area contributed by atoms with Gasteiger partial charge < -0.3 is 21.2 Å². The summed E-state index contributed by atoms with van der Waals surface area (Å²) in [6.07, 6.45) is 1.62. The summed E-state index contributed by atoms with van der Waals surface area (Å²) in [7, 11) is 0. The second-order valence-electron chi connectivity index (χ2n) is 3.85. The zero-order valence-electron chi connectivity index (χ0n) is 9.61. The lowest BCUT2D eigenvalue weighted by Gasteiger charge is -2.03. The summed E-state index contributed by atoms with van der Waals surface area (Å²) < 4.78 is 1.44. The zero-order chi connectivity index (χ0) is 13.4. The molecule has 0 fully saturated rings. The molecule has 0 radical (unpaired) electrons. The smallest absolute Gasteiger partial charge is 0.373 e. The van der Waals surface area contributed by atoms with Gasteiger partial charge in [0.25, 0.3) is 4.96 Å². The Kier molecular flexibility index (Phi) is 2.57. The van der Waals surface area contributed by atoms with E-state index in [9.17, 15) is 10.1 Å². The Hall–Kier alpha value is -2.61. The van der Waals surface area contributed by atoms with E-state index in [-0.39, 0.29) is 11.6 Å². The summed E-state index contributed by atoms with van der Waals surface area (Å²) in [5, 5.41) is 15.8. The van der Waals surface area contributed by atoms with Gasteiger partial charge in [-0.1, -0.05) is 17.4 Å². The number of hydrogen-bond donors (Lipinski definition) is 2. The summed E-state index contributed by atoms with van der Waals surface area (Å²) in [5.41, 5.74) is 6.91. The van der Waals surface area contributed by atoms with Crippen LogP contribution in [0.3, 0.4) is 0 Å². The van der Waals surface area contributed by atoms with Gasteiger partial charge in [0.15, 0.2) is 0 Å². The summed E-state index contributed by atoms with van der Waals surface area (Å²) >= 11 is 1.34. The van der Waals surface area contributed by atoms with Crippen LogP contribution in [0.4, 0.5) is 23.0 Å². The van der Waals surface area contributed by atoms with E-state index in [0.717, 1.165) is 0 Å². The van der Waals surface area contributed by atoms with Gasteiger partial charge in [-0.25, -0.2) is 0 Å². The second kappa shape index (κ2) is 4.25. The lowest BCUT2D eigenvalue weighted by Crippen LogP contribution is -1.98. The minimum atomic E-state index is -0.457. The maximum absolute atomic E-state index is 11.1. The van der Waals surface area contributed by atoms with Crippen molar-refractivity contribution in [3.8, 4) is 0 Å². The summed E-state index contributed by atoms with van der Waals surface area (Å²) in [4.78, 5) is 15.5. The van der Waals surface area contributed by atoms with Gasteiger partial charge >= 0.3 is 5.82 Å². The molecule has 0 bridgehead atoms. The van der Waals surface area contributed by atoms with Crippen molar-refractivity contribution >= 4 is 39.3 Å². The number of hydrogen-bond acceptors (Lipinski definition) is 6. The van der Waals surface area contributed by atoms with Crippen LogP contribution in [0, 0.1) is 10.1 Å². The van der Waals surface area contributed by atoms with Crippen LogP contribution in [0.25, 0.3) is 4.96 Å². The Morgan fingerprint density at radius 1 is 1.47 bits per heavy atom. The highest BCUT2D eigenvalue weighted by Crippen LogP contribution is 2.30. The molecule has 3 aromatic rings. The minimum Gasteiger partial charge on any atom is -0.399 e. The predicted octanol–water partition coefficient (Wildman–Crippen LogP) is 2.63. The number of benzene rings is 1. The molecule has 96 valence electrons. The van der Waals surface area contributed by atoms with E-state index in [1.54, 1.807) is 35.8 Å². The number of anilines is 3. The third-order valence-corrected chi connectivity index (χ3v) is 3.32. The first kappa shape index (κ1) is 11.5. The molecule has 0 atom stereocenters. The van der Waals surface area contributed by atoms with E-state index in [4.69, 9.17) is 5.73 Å². The molecule has 19 heavy (non-hydrogen) atoms. The first-order valence-electron chi connectivity index (χ1n) is 5.37. The van der Waals surface area contributed by atoms with Crippen LogP contribution in [-0.4, -0.2) is 14.3 Å². The number of aromatic nitrogens is 2. The van der Waals surface area contributed by atoms with Crippen LogP contribution < -0.4 is 11.1 Å². The SMILES string of the molecule is Nc1cccc(Nc2nc3sccn3c2[N+](=O)[O-])c1. The van der Waals surface area contributed by atoms with Crippen molar-refractivity contribution in [1.82, 2.24) is 9.38 Å². The lowest BCUT2D eigenvalue weighted by atomic mass is 10.3. The Morgan fingerprint density at radius 3 is 3.05 bits per heavy atom. The van der Waals surface area contributed by atoms with Crippen LogP contribution in [-0.2, 0) is 0 Å². The molecule has 0 saturated carbocycles. The standard InChI is InChI=1S/C11H9N5O2S/c12-7-2-1-3-8(6-7)13-9-10(16(17)18)15-4-5-19-11(15)14-9/h1-6,13H,12H2. The number of nitrogen functional groups attached to an aromatic ring is 1. The fraction of sp³-hybridized carbons (Fsp3) is 0. The molecule has 0 amide bonds. The highest BCUT2D eigenvalue weighted by Gasteiger charge is 2.23. The first-order valence-corrected chi connectivity index (χ1v) is 6.25. The molecule has 0 aliphatic rings. The first-order chi connectivity index (χ1) is 9.15. The summed E-state index contributed by atoms with van der Waals surface area (Å²) in [6, 6.07) is 6.97. The van der Waals surface area contributed by atoms with Crippen LogP contribution in [0.15, 0.2) is 35.8 Å². The van der Waals surface area contributed by atoms with E-state index in [0.29, 0.717) is 16.3 Å². The highest BCUT2D eigenvalue weighted by atomic mass is 32.1. The number of fused-ring (bicyclic) bond motifs is 1. The molecule has 1 aromatic carbocycles. The quantitative estimate of drug-likeness (QED) is 0.435. The molecule has 7 nitrogen and oxygen atoms in total. The van der Waals surface area contributed by atoms with Gasteiger partial charge in [0.05, 0.1) is 0 Å². The van der Waals surface area contributed by atoms with E-state index in [1.165, 1.54) is 15.7 Å². The van der Waals surface area contributed by atoms with Crippen molar-refractivity contribution in [2.24, 2.45) is 0 Å². The topological polar surface area (TPSA) is 98.5 Å². The monoisotopic (exact) mass is 275 g/mol. The van der Waals surface area contributed by atoms with E-state index in [1.807, 2.05) is 0 Å². The number of imidazole rings is 1. The largest absolute Gasteiger partial charge is 0.399 e. The van der Waals surface area contributed by atoms with Gasteiger partial charge in [-0.2, -0.15) is 9.38 Å². The molecule has 0 aliphatic heterocycles. The average Bonchev–Trinajstić information content (AvgIpc) is 2.88. The molecule has 3 N–H and O–H groups in total. The molecular weight excluding hydrogens is 266 g/mol. The number of nitrogens with zero attached hydrogens (tertiary/aromatic N) is 3. The maximum Gasteiger partial charge on any atom is 0.373 e. The van der Waals surface area contributed by atoms with Crippen molar-refractivity contribution in [3.63, 3.8) is 0 Å². The highest BCUT2D eigenvalue weighted by molar-refractivity contribution is 7.15. The fourth-order valence-electron chi connectivity index (χ4n) is 1.79. The molecule has 0 spiro atoms. The van der Waals surface area contributed by atoms with Gasteiger partial charge in [-0.05, 0) is 23.1 Å². The van der Waals surface area contributed by atoms with E-state index < -0.39 is 4.92 Å². The van der Waals surface area contributed by atoms with Crippen LogP contribution >= 0.6 is 11.3 Å². The molecular formula is C11H9N5O2S. The lowest BCUT2D eigenvalue weighted by molar-refractivity contribution is -0.389. The average molecular weight is 275 g/mol. The predicted molar refractivity (Wildman–Crippen MR) is 73.9 cm³/mol. The molecule has 0 aliphatic carbocycles. The van der Waals surface area contributed by atoms with Crippen molar-refractivity contribution in [2.75, 3.05) is 11.1 Å². The third-order valence-electron chi connectivity index (χ3n) is 2.56. The molecule has 3 rings (SSSR count). The third kappa shape index (κ3) is 1.97. The van der Waals surface area contributed by atoms with Gasteiger partial charge in [0.2, 0.25) is 5.82 Å². The summed E-state index contributed by atoms with van der Waals surface area (Å²) in [6.45, 7) is 0. The molecule has 0 unspecified atom stereocenters. The van der Waals surface area contributed by atoms with Crippen molar-refractivity contribution in [2.45, 2.75) is 0 Å². The van der Waals surface area contributed by atoms with Crippen LogP contribution in [0.5, 0.6) is 0 Å². The Balaban J connectivity index is 2.07. The van der Waals surface area contributed by atoms with Gasteiger partial charge in [0, 0.05) is 16.8 Å². The minimum absolute atomic E-state index is 0.0846. The van der Waals surface area contributed by atoms with Crippen LogP contribution in [0.1, 0.15) is 0 Å². The molecule has 8 heteroatoms. The van der Waals surface area contributed by atoms with Crippen molar-refractivity contribution in [3.05, 3.63) is 46.0 Å². The normalized spacial score (nSPS) is 10.7. The van der Waals surface area contributed by atoms with Crippen molar-refractivity contribution in [1.29, 1.82) is 0 Å². The number of thiazole rings is 1. The maximum atomic E-state index is 11.1. The number of rotatable bonds is 3.